The number of fused-ring (bicyclic) bond motifs is 6. The van der Waals surface area contributed by atoms with Crippen LogP contribution < -0.4 is 4.98 Å². The Balaban J connectivity index is 2.02. The number of nitrogens with one attached hydrogen (secondary N) is 1. The Morgan fingerprint density at radius 2 is 1.23 bits per heavy atom. The molecule has 5 aromatic rings. The molecule has 22 heavy (non-hydrogen) atoms. The fourth-order valence-corrected chi connectivity index (χ4v) is 3.41. The van der Waals surface area contributed by atoms with Crippen LogP contribution in [0.25, 0.3) is 43.2 Å². The van der Waals surface area contributed by atoms with Gasteiger partial charge in [0.05, 0.1) is 10.8 Å². The van der Waals surface area contributed by atoms with E-state index in [2.05, 4.69) is 84.0 Å². The van der Waals surface area contributed by atoms with Gasteiger partial charge in [-0.15, -0.1) is 0 Å². The maximum Gasteiger partial charge on any atom is 0.219 e. The second kappa shape index (κ2) is 4.28. The summed E-state index contributed by atoms with van der Waals surface area (Å²) in [6.45, 7) is 0. The van der Waals surface area contributed by atoms with Crippen LogP contribution in [0.15, 0.2) is 79.0 Å². The van der Waals surface area contributed by atoms with Crippen molar-refractivity contribution < 1.29 is 4.98 Å². The molecular weight excluding hydrogens is 266 g/mol. The Bertz CT molecular complexity index is 1170. The molecule has 1 N–H and O–H groups in total. The molecule has 0 aliphatic heterocycles. The minimum atomic E-state index is 1.21. The van der Waals surface area contributed by atoms with E-state index in [0.29, 0.717) is 0 Å². The zero-order valence-corrected chi connectivity index (χ0v) is 12.0. The van der Waals surface area contributed by atoms with Crippen molar-refractivity contribution in [3.8, 4) is 0 Å². The molecule has 4 aromatic carbocycles. The molecule has 0 atom stereocenters. The first-order valence-corrected chi connectivity index (χ1v) is 7.55. The molecule has 1 nitrogen and oxygen atoms in total. The number of aromatic amines is 1. The minimum Gasteiger partial charge on any atom is -0.210 e. The van der Waals surface area contributed by atoms with E-state index in [4.69, 9.17) is 0 Å². The van der Waals surface area contributed by atoms with Gasteiger partial charge in [-0.05, 0) is 40.4 Å². The molecule has 5 rings (SSSR count). The van der Waals surface area contributed by atoms with Gasteiger partial charge >= 0.3 is 0 Å². The second-order valence-corrected chi connectivity index (χ2v) is 5.78. The van der Waals surface area contributed by atoms with Crippen molar-refractivity contribution in [2.24, 2.45) is 0 Å². The van der Waals surface area contributed by atoms with Gasteiger partial charge in [-0.3, -0.25) is 0 Å². The summed E-state index contributed by atoms with van der Waals surface area (Å²) in [4.78, 5) is 3.50. The molecule has 0 spiro atoms. The number of rotatable bonds is 0. The van der Waals surface area contributed by atoms with Gasteiger partial charge in [0.15, 0.2) is 6.20 Å². The van der Waals surface area contributed by atoms with Crippen LogP contribution in [0.1, 0.15) is 0 Å². The van der Waals surface area contributed by atoms with Crippen molar-refractivity contribution >= 4 is 43.2 Å². The van der Waals surface area contributed by atoms with Gasteiger partial charge in [0, 0.05) is 10.8 Å². The average molecular weight is 280 g/mol. The van der Waals surface area contributed by atoms with E-state index in [1.165, 1.54) is 43.2 Å². The summed E-state index contributed by atoms with van der Waals surface area (Å²) in [5, 5.41) is 8.95. The molecule has 0 amide bonds. The summed E-state index contributed by atoms with van der Waals surface area (Å²) in [5.41, 5.74) is 1.21. The zero-order valence-electron chi connectivity index (χ0n) is 12.0. The number of hydrogen-bond acceptors (Lipinski definition) is 0. The highest BCUT2D eigenvalue weighted by molar-refractivity contribution is 6.15. The third kappa shape index (κ3) is 1.57. The highest BCUT2D eigenvalue weighted by atomic mass is 14.7. The Kier molecular flexibility index (Phi) is 2.28. The topological polar surface area (TPSA) is 14.1 Å². The molecule has 0 radical (unpaired) electrons. The number of aromatic nitrogens is 1. The molecule has 0 bridgehead atoms. The van der Waals surface area contributed by atoms with Gasteiger partial charge in [-0.1, -0.05) is 48.5 Å². The molecule has 0 fully saturated rings. The third-order valence-corrected chi connectivity index (χ3v) is 4.51. The predicted molar refractivity (Wildman–Crippen MR) is 93.0 cm³/mol. The van der Waals surface area contributed by atoms with Crippen LogP contribution in [0.3, 0.4) is 0 Å². The molecule has 0 unspecified atom stereocenters. The van der Waals surface area contributed by atoms with E-state index >= 15 is 0 Å². The summed E-state index contributed by atoms with van der Waals surface area (Å²) >= 11 is 0. The standard InChI is InChI=1S/C21H13N/c1-2-6-15-12-20-16(11-14(15)5-1)9-10-19-18-8-4-3-7-17(18)13-22-21(19)20/h1-13H/p+1. The summed E-state index contributed by atoms with van der Waals surface area (Å²) in [6.07, 6.45) is 2.10. The summed E-state index contributed by atoms with van der Waals surface area (Å²) in [5.74, 6) is 0. The quantitative estimate of drug-likeness (QED) is 0.276. The van der Waals surface area contributed by atoms with E-state index in [1.807, 2.05) is 0 Å². The first-order chi connectivity index (χ1) is 10.9. The highest BCUT2D eigenvalue weighted by Crippen LogP contribution is 2.30. The van der Waals surface area contributed by atoms with Gasteiger partial charge in [-0.2, -0.15) is 0 Å². The Morgan fingerprint density at radius 3 is 2.09 bits per heavy atom. The predicted octanol–water partition coefficient (Wildman–Crippen LogP) is 5.11. The van der Waals surface area contributed by atoms with Crippen molar-refractivity contribution in [1.82, 2.24) is 0 Å². The average Bonchev–Trinajstić information content (AvgIpc) is 2.59. The van der Waals surface area contributed by atoms with Crippen LogP contribution in [0, 0.1) is 0 Å². The van der Waals surface area contributed by atoms with Crippen molar-refractivity contribution in [2.75, 3.05) is 0 Å². The van der Waals surface area contributed by atoms with Crippen LogP contribution in [0.4, 0.5) is 0 Å². The smallest absolute Gasteiger partial charge is 0.210 e. The maximum absolute atomic E-state index is 3.50. The van der Waals surface area contributed by atoms with Crippen LogP contribution in [-0.2, 0) is 0 Å². The molecular formula is C21H14N+. The molecule has 1 aromatic heterocycles. The molecule has 0 saturated heterocycles. The largest absolute Gasteiger partial charge is 0.219 e. The first kappa shape index (κ1) is 11.7. The zero-order chi connectivity index (χ0) is 14.5. The number of H-pyrrole nitrogens is 1. The van der Waals surface area contributed by atoms with Crippen LogP contribution in [0.5, 0.6) is 0 Å². The van der Waals surface area contributed by atoms with Gasteiger partial charge < -0.3 is 0 Å². The Hall–Kier alpha value is -2.93. The number of benzene rings is 4. The lowest BCUT2D eigenvalue weighted by Crippen LogP contribution is -2.03. The lowest BCUT2D eigenvalue weighted by atomic mass is 9.99. The molecule has 1 heterocycles. The monoisotopic (exact) mass is 280 g/mol. The van der Waals surface area contributed by atoms with Crippen molar-refractivity contribution in [3.63, 3.8) is 0 Å². The maximum atomic E-state index is 3.50. The Labute approximate surface area is 127 Å². The lowest BCUT2D eigenvalue weighted by molar-refractivity contribution is -0.341. The van der Waals surface area contributed by atoms with Crippen molar-refractivity contribution in [3.05, 3.63) is 79.0 Å². The van der Waals surface area contributed by atoms with Crippen molar-refractivity contribution in [1.29, 1.82) is 0 Å². The van der Waals surface area contributed by atoms with E-state index in [9.17, 15) is 0 Å². The molecule has 102 valence electrons. The SMILES string of the molecule is c1ccc2cc3c(ccc4c5ccccc5c[nH+]c34)cc2c1. The second-order valence-electron chi connectivity index (χ2n) is 5.78. The van der Waals surface area contributed by atoms with Crippen LogP contribution in [0.2, 0.25) is 0 Å². The Morgan fingerprint density at radius 1 is 0.500 bits per heavy atom. The first-order valence-electron chi connectivity index (χ1n) is 7.55. The molecule has 0 aliphatic rings. The number of pyridine rings is 1. The summed E-state index contributed by atoms with van der Waals surface area (Å²) in [7, 11) is 0. The van der Waals surface area contributed by atoms with Crippen LogP contribution in [-0.4, -0.2) is 0 Å². The highest BCUT2D eigenvalue weighted by Gasteiger charge is 2.11. The molecule has 1 heteroatoms. The summed E-state index contributed by atoms with van der Waals surface area (Å²) in [6, 6.07) is 26.1. The molecule has 0 aliphatic carbocycles. The van der Waals surface area contributed by atoms with Gasteiger partial charge in [0.25, 0.3) is 0 Å². The fourth-order valence-electron chi connectivity index (χ4n) is 3.41. The summed E-state index contributed by atoms with van der Waals surface area (Å²) < 4.78 is 0. The normalized spacial score (nSPS) is 11.6. The van der Waals surface area contributed by atoms with Gasteiger partial charge in [-0.25, -0.2) is 4.98 Å². The van der Waals surface area contributed by atoms with E-state index in [-0.39, 0.29) is 0 Å². The van der Waals surface area contributed by atoms with E-state index in [0.717, 1.165) is 0 Å². The van der Waals surface area contributed by atoms with E-state index in [1.54, 1.807) is 0 Å². The molecule has 0 saturated carbocycles. The van der Waals surface area contributed by atoms with Gasteiger partial charge in [0.1, 0.15) is 0 Å². The van der Waals surface area contributed by atoms with E-state index < -0.39 is 0 Å². The number of hydrogen-bond donors (Lipinski definition) is 0. The fraction of sp³-hybridized carbons (Fsp3) is 0. The van der Waals surface area contributed by atoms with Crippen LogP contribution >= 0.6 is 0 Å². The van der Waals surface area contributed by atoms with Crippen molar-refractivity contribution in [2.45, 2.75) is 0 Å². The van der Waals surface area contributed by atoms with Gasteiger partial charge in [0.2, 0.25) is 5.52 Å². The lowest BCUT2D eigenvalue weighted by Gasteiger charge is -2.04. The minimum absolute atomic E-state index is 1.21. The third-order valence-electron chi connectivity index (χ3n) is 4.51.